The Morgan fingerprint density at radius 2 is 2.07 bits per heavy atom. The smallest absolute Gasteiger partial charge is 0.409 e. The van der Waals surface area contributed by atoms with Crippen molar-refractivity contribution >= 4 is 23.3 Å². The maximum atomic E-state index is 12.7. The summed E-state index contributed by atoms with van der Waals surface area (Å²) in [6, 6.07) is 9.91. The van der Waals surface area contributed by atoms with Crippen molar-refractivity contribution in [2.75, 3.05) is 19.7 Å². The van der Waals surface area contributed by atoms with Crippen LogP contribution >= 0.6 is 11.3 Å². The van der Waals surface area contributed by atoms with Gasteiger partial charge in [-0.3, -0.25) is 4.79 Å². The van der Waals surface area contributed by atoms with Crippen molar-refractivity contribution in [2.45, 2.75) is 32.4 Å². The monoisotopic (exact) mass is 386 g/mol. The summed E-state index contributed by atoms with van der Waals surface area (Å²) in [6.07, 6.45) is 1.20. The van der Waals surface area contributed by atoms with E-state index in [4.69, 9.17) is 9.47 Å². The summed E-state index contributed by atoms with van der Waals surface area (Å²) in [5, 5.41) is 3.11. The summed E-state index contributed by atoms with van der Waals surface area (Å²) in [5.74, 6) is 0.812. The Bertz CT molecular complexity index is 855. The predicted octanol–water partition coefficient (Wildman–Crippen LogP) is 3.66. The zero-order valence-electron chi connectivity index (χ0n) is 15.2. The fraction of sp³-hybridized carbons (Fsp3) is 0.400. The number of thiophene rings is 1. The van der Waals surface area contributed by atoms with Gasteiger partial charge < -0.3 is 19.7 Å². The van der Waals surface area contributed by atoms with E-state index in [-0.39, 0.29) is 18.0 Å². The zero-order chi connectivity index (χ0) is 18.8. The van der Waals surface area contributed by atoms with E-state index >= 15 is 0 Å². The van der Waals surface area contributed by atoms with E-state index in [2.05, 4.69) is 5.32 Å². The molecular formula is C20H22N2O4S. The number of benzene rings is 1. The number of hydrogen-bond acceptors (Lipinski definition) is 5. The van der Waals surface area contributed by atoms with Crippen LogP contribution in [0.15, 0.2) is 30.3 Å². The van der Waals surface area contributed by atoms with Crippen LogP contribution in [0.2, 0.25) is 0 Å². The fourth-order valence-electron chi connectivity index (χ4n) is 3.49. The minimum absolute atomic E-state index is 0.0542. The van der Waals surface area contributed by atoms with E-state index in [1.165, 1.54) is 11.3 Å². The number of fused-ring (bicyclic) bond motifs is 3. The molecule has 0 spiro atoms. The number of amides is 2. The lowest BCUT2D eigenvalue weighted by Gasteiger charge is -2.31. The van der Waals surface area contributed by atoms with Crippen molar-refractivity contribution in [2.24, 2.45) is 0 Å². The van der Waals surface area contributed by atoms with Gasteiger partial charge in [-0.1, -0.05) is 12.1 Å². The molecule has 27 heavy (non-hydrogen) atoms. The number of ether oxygens (including phenoxy) is 2. The van der Waals surface area contributed by atoms with Gasteiger partial charge in [0.25, 0.3) is 5.91 Å². The van der Waals surface area contributed by atoms with Gasteiger partial charge in [-0.05, 0) is 38.0 Å². The second-order valence-electron chi connectivity index (χ2n) is 6.68. The minimum Gasteiger partial charge on any atom is -0.488 e. The zero-order valence-corrected chi connectivity index (χ0v) is 16.0. The number of piperidine rings is 1. The van der Waals surface area contributed by atoms with E-state index in [1.807, 2.05) is 30.3 Å². The van der Waals surface area contributed by atoms with Gasteiger partial charge in [0, 0.05) is 35.1 Å². The quantitative estimate of drug-likeness (QED) is 0.874. The number of carbonyl (C=O) groups is 2. The van der Waals surface area contributed by atoms with Crippen LogP contribution in [0.5, 0.6) is 5.75 Å². The molecule has 0 aliphatic carbocycles. The number of hydrogen-bond donors (Lipinski definition) is 1. The highest BCUT2D eigenvalue weighted by atomic mass is 32.1. The third kappa shape index (κ3) is 3.64. The first kappa shape index (κ1) is 17.9. The number of carbonyl (C=O) groups excluding carboxylic acids is 2. The summed E-state index contributed by atoms with van der Waals surface area (Å²) in [7, 11) is 0. The minimum atomic E-state index is -0.271. The molecule has 1 saturated heterocycles. The summed E-state index contributed by atoms with van der Waals surface area (Å²) in [6.45, 7) is 3.88. The summed E-state index contributed by atoms with van der Waals surface area (Å²) in [5.41, 5.74) is 2.10. The normalized spacial score (nSPS) is 16.1. The molecule has 1 N–H and O–H groups in total. The van der Waals surface area contributed by atoms with Crippen molar-refractivity contribution in [3.05, 3.63) is 40.8 Å². The van der Waals surface area contributed by atoms with Crippen LogP contribution < -0.4 is 10.1 Å². The average molecular weight is 386 g/mol. The first-order valence-electron chi connectivity index (χ1n) is 9.23. The highest BCUT2D eigenvalue weighted by molar-refractivity contribution is 7.17. The molecule has 142 valence electrons. The molecule has 2 aliphatic heterocycles. The Kier molecular flexibility index (Phi) is 5.03. The van der Waals surface area contributed by atoms with E-state index in [0.717, 1.165) is 34.6 Å². The standard InChI is InChI=1S/C20H22N2O4S/c1-2-25-20(24)22-9-7-14(8-10-22)21-19(23)17-11-13-12-26-16-6-4-3-5-15(16)18(13)27-17/h3-6,11,14H,2,7-10,12H2,1H3,(H,21,23). The second kappa shape index (κ2) is 7.60. The molecule has 0 unspecified atom stereocenters. The molecule has 1 fully saturated rings. The number of para-hydroxylation sites is 1. The lowest BCUT2D eigenvalue weighted by molar-refractivity contribution is 0.0862. The molecule has 4 rings (SSSR count). The predicted molar refractivity (Wildman–Crippen MR) is 103 cm³/mol. The third-order valence-electron chi connectivity index (χ3n) is 4.90. The molecule has 2 aliphatic rings. The molecule has 0 radical (unpaired) electrons. The van der Waals surface area contributed by atoms with Gasteiger partial charge in [0.05, 0.1) is 11.5 Å². The molecule has 1 aromatic carbocycles. The van der Waals surface area contributed by atoms with Gasteiger partial charge in [0.15, 0.2) is 0 Å². The Morgan fingerprint density at radius 1 is 1.30 bits per heavy atom. The van der Waals surface area contributed by atoms with Crippen LogP contribution in [-0.4, -0.2) is 42.6 Å². The van der Waals surface area contributed by atoms with Crippen LogP contribution in [0.3, 0.4) is 0 Å². The molecule has 0 atom stereocenters. The Morgan fingerprint density at radius 3 is 2.85 bits per heavy atom. The van der Waals surface area contributed by atoms with E-state index in [9.17, 15) is 9.59 Å². The number of rotatable bonds is 3. The van der Waals surface area contributed by atoms with Crippen molar-refractivity contribution in [1.29, 1.82) is 0 Å². The van der Waals surface area contributed by atoms with Crippen molar-refractivity contribution in [3.63, 3.8) is 0 Å². The molecule has 2 amide bonds. The Labute approximate surface area is 162 Å². The van der Waals surface area contributed by atoms with Gasteiger partial charge in [0.1, 0.15) is 12.4 Å². The van der Waals surface area contributed by atoms with Crippen LogP contribution in [0.1, 0.15) is 35.0 Å². The lowest BCUT2D eigenvalue weighted by Crippen LogP contribution is -2.46. The maximum absolute atomic E-state index is 12.7. The van der Waals surface area contributed by atoms with Crippen molar-refractivity contribution in [1.82, 2.24) is 10.2 Å². The van der Waals surface area contributed by atoms with Crippen LogP contribution in [0.25, 0.3) is 10.4 Å². The van der Waals surface area contributed by atoms with E-state index in [0.29, 0.717) is 31.2 Å². The highest BCUT2D eigenvalue weighted by Crippen LogP contribution is 2.42. The second-order valence-corrected chi connectivity index (χ2v) is 7.74. The molecule has 0 bridgehead atoms. The third-order valence-corrected chi connectivity index (χ3v) is 6.11. The van der Waals surface area contributed by atoms with Gasteiger partial charge in [0.2, 0.25) is 0 Å². The van der Waals surface area contributed by atoms with E-state index < -0.39 is 0 Å². The summed E-state index contributed by atoms with van der Waals surface area (Å²) in [4.78, 5) is 28.0. The summed E-state index contributed by atoms with van der Waals surface area (Å²) < 4.78 is 10.8. The Balaban J connectivity index is 1.40. The molecule has 2 aromatic rings. The average Bonchev–Trinajstić information content (AvgIpc) is 3.14. The number of likely N-dealkylation sites (tertiary alicyclic amines) is 1. The SMILES string of the molecule is CCOC(=O)N1CCC(NC(=O)c2cc3c(s2)-c2ccccc2OC3)CC1. The highest BCUT2D eigenvalue weighted by Gasteiger charge is 2.27. The molecule has 6 nitrogen and oxygen atoms in total. The van der Waals surface area contributed by atoms with Gasteiger partial charge in [-0.15, -0.1) is 11.3 Å². The molecule has 7 heteroatoms. The van der Waals surface area contributed by atoms with Crippen molar-refractivity contribution in [3.8, 4) is 16.2 Å². The molecule has 1 aromatic heterocycles. The fourth-order valence-corrected chi connectivity index (χ4v) is 4.59. The molecule has 3 heterocycles. The lowest BCUT2D eigenvalue weighted by atomic mass is 10.0. The van der Waals surface area contributed by atoms with Crippen LogP contribution in [-0.2, 0) is 11.3 Å². The number of nitrogens with zero attached hydrogens (tertiary/aromatic N) is 1. The maximum Gasteiger partial charge on any atom is 0.409 e. The van der Waals surface area contributed by atoms with Gasteiger partial charge >= 0.3 is 6.09 Å². The molecular weight excluding hydrogens is 364 g/mol. The van der Waals surface area contributed by atoms with Gasteiger partial charge in [-0.25, -0.2) is 4.79 Å². The number of nitrogens with one attached hydrogen (secondary N) is 1. The largest absolute Gasteiger partial charge is 0.488 e. The first-order valence-corrected chi connectivity index (χ1v) is 10.0. The van der Waals surface area contributed by atoms with Crippen LogP contribution in [0, 0.1) is 0 Å². The van der Waals surface area contributed by atoms with Crippen LogP contribution in [0.4, 0.5) is 4.79 Å². The van der Waals surface area contributed by atoms with E-state index in [1.54, 1.807) is 11.8 Å². The van der Waals surface area contributed by atoms with Crippen molar-refractivity contribution < 1.29 is 19.1 Å². The topological polar surface area (TPSA) is 67.9 Å². The summed E-state index contributed by atoms with van der Waals surface area (Å²) >= 11 is 1.51. The molecule has 0 saturated carbocycles. The van der Waals surface area contributed by atoms with Gasteiger partial charge in [-0.2, -0.15) is 0 Å². The first-order chi connectivity index (χ1) is 13.2. The Hall–Kier alpha value is -2.54.